The van der Waals surface area contributed by atoms with Gasteiger partial charge >= 0.3 is 0 Å². The number of nitrogens with zero attached hydrogens (tertiary/aromatic N) is 3. The van der Waals surface area contributed by atoms with Crippen LogP contribution in [-0.2, 0) is 0 Å². The van der Waals surface area contributed by atoms with Crippen LogP contribution in [0.2, 0.25) is 0 Å². The predicted molar refractivity (Wildman–Crippen MR) is 104 cm³/mol. The van der Waals surface area contributed by atoms with Crippen LogP contribution in [0, 0.1) is 10.1 Å². The number of carbonyl (C=O) groups is 1. The molecule has 3 heterocycles. The fourth-order valence-corrected chi connectivity index (χ4v) is 3.93. The number of nitro benzene ring substituents is 1. The smallest absolute Gasteiger partial charge is 0.270 e. The molecule has 3 aliphatic heterocycles. The zero-order chi connectivity index (χ0) is 18.8. The van der Waals surface area contributed by atoms with Crippen LogP contribution in [0.25, 0.3) is 0 Å². The van der Waals surface area contributed by atoms with E-state index in [9.17, 15) is 14.9 Å². The van der Waals surface area contributed by atoms with Crippen molar-refractivity contribution < 1.29 is 9.72 Å². The second kappa shape index (κ2) is 7.36. The number of carbonyl (C=O) groups excluding carboxylic acids is 1. The molecule has 2 aromatic carbocycles. The molecule has 140 valence electrons. The third-order valence-electron chi connectivity index (χ3n) is 5.43. The molecule has 0 spiro atoms. The summed E-state index contributed by atoms with van der Waals surface area (Å²) in [5.74, 6) is -0.354. The Labute approximate surface area is 157 Å². The maximum absolute atomic E-state index is 12.4. The van der Waals surface area contributed by atoms with Crippen molar-refractivity contribution in [1.82, 2.24) is 4.90 Å². The molecule has 2 aromatic rings. The van der Waals surface area contributed by atoms with E-state index in [1.165, 1.54) is 49.8 Å². The van der Waals surface area contributed by atoms with E-state index < -0.39 is 4.92 Å². The molecule has 3 aliphatic rings. The second-order valence-corrected chi connectivity index (χ2v) is 7.07. The molecule has 7 nitrogen and oxygen atoms in total. The summed E-state index contributed by atoms with van der Waals surface area (Å²) in [6.07, 6.45) is 2.40. The molecule has 0 atom stereocenters. The lowest BCUT2D eigenvalue weighted by Crippen LogP contribution is -2.37. The highest BCUT2D eigenvalue weighted by Crippen LogP contribution is 2.28. The van der Waals surface area contributed by atoms with Crippen LogP contribution in [0.4, 0.5) is 17.1 Å². The van der Waals surface area contributed by atoms with Gasteiger partial charge in [0, 0.05) is 61.3 Å². The van der Waals surface area contributed by atoms with Crippen molar-refractivity contribution in [2.24, 2.45) is 0 Å². The number of piperidine rings is 1. The number of nitrogens with one attached hydrogen (secondary N) is 1. The molecule has 7 heteroatoms. The third kappa shape index (κ3) is 3.78. The van der Waals surface area contributed by atoms with Crippen molar-refractivity contribution in [3.63, 3.8) is 0 Å². The maximum Gasteiger partial charge on any atom is 0.270 e. The SMILES string of the molecule is O=C(Nc1ccc(N2CCN3CCC2CC3)cc1)c1cccc([N+](=O)[O-])c1. The molecular weight excluding hydrogens is 344 g/mol. The largest absolute Gasteiger partial charge is 0.367 e. The average molecular weight is 366 g/mol. The first-order valence-electron chi connectivity index (χ1n) is 9.25. The van der Waals surface area contributed by atoms with Gasteiger partial charge in [-0.2, -0.15) is 0 Å². The average Bonchev–Trinajstić information content (AvgIpc) is 3.02. The Morgan fingerprint density at radius 1 is 1.04 bits per heavy atom. The fraction of sp³-hybridized carbons (Fsp3) is 0.350. The molecular formula is C20H22N4O3. The summed E-state index contributed by atoms with van der Waals surface area (Å²) in [6.45, 7) is 4.49. The lowest BCUT2D eigenvalue weighted by molar-refractivity contribution is -0.384. The maximum atomic E-state index is 12.4. The van der Waals surface area contributed by atoms with Gasteiger partial charge in [-0.15, -0.1) is 0 Å². The third-order valence-corrected chi connectivity index (χ3v) is 5.43. The minimum Gasteiger partial charge on any atom is -0.367 e. The normalized spacial score (nSPS) is 21.6. The highest BCUT2D eigenvalue weighted by atomic mass is 16.6. The molecule has 0 aliphatic carbocycles. The minimum atomic E-state index is -0.503. The molecule has 3 saturated heterocycles. The number of benzene rings is 2. The van der Waals surface area contributed by atoms with Gasteiger partial charge in [-0.3, -0.25) is 14.9 Å². The van der Waals surface area contributed by atoms with E-state index in [1.807, 2.05) is 24.3 Å². The number of nitro groups is 1. The van der Waals surface area contributed by atoms with Gasteiger partial charge in [0.25, 0.3) is 11.6 Å². The number of non-ortho nitro benzene ring substituents is 1. The van der Waals surface area contributed by atoms with Gasteiger partial charge in [-0.05, 0) is 43.2 Å². The number of amides is 1. The Bertz CT molecular complexity index is 845. The first kappa shape index (κ1) is 17.5. The molecule has 0 radical (unpaired) electrons. The van der Waals surface area contributed by atoms with Crippen LogP contribution in [0.5, 0.6) is 0 Å². The number of fused-ring (bicyclic) bond motifs is 4. The lowest BCUT2D eigenvalue weighted by atomic mass is 10.0. The topological polar surface area (TPSA) is 78.7 Å². The van der Waals surface area contributed by atoms with E-state index in [4.69, 9.17) is 0 Å². The summed E-state index contributed by atoms with van der Waals surface area (Å²) in [6, 6.07) is 14.2. The van der Waals surface area contributed by atoms with Crippen molar-refractivity contribution >= 4 is 23.0 Å². The molecule has 27 heavy (non-hydrogen) atoms. The molecule has 0 aromatic heterocycles. The van der Waals surface area contributed by atoms with E-state index in [0.717, 1.165) is 13.1 Å². The number of anilines is 2. The van der Waals surface area contributed by atoms with E-state index in [0.29, 0.717) is 11.7 Å². The molecule has 0 saturated carbocycles. The quantitative estimate of drug-likeness (QED) is 0.664. The van der Waals surface area contributed by atoms with E-state index in [-0.39, 0.29) is 17.2 Å². The molecule has 5 rings (SSSR count). The Balaban J connectivity index is 1.45. The fourth-order valence-electron chi connectivity index (χ4n) is 3.93. The van der Waals surface area contributed by atoms with Crippen molar-refractivity contribution in [3.8, 4) is 0 Å². The lowest BCUT2D eigenvalue weighted by Gasteiger charge is -2.33. The first-order valence-corrected chi connectivity index (χ1v) is 9.25. The number of hydrogen-bond donors (Lipinski definition) is 1. The predicted octanol–water partition coefficient (Wildman–Crippen LogP) is 3.13. The van der Waals surface area contributed by atoms with Crippen LogP contribution in [0.3, 0.4) is 0 Å². The standard InChI is InChI=1S/C20H22N4O3/c25-20(15-2-1-3-19(14-15)24(26)27)21-16-4-6-17(7-5-16)23-13-12-22-10-8-18(23)9-11-22/h1-7,14,18H,8-13H2,(H,21,25). The molecule has 0 unspecified atom stereocenters. The van der Waals surface area contributed by atoms with Gasteiger partial charge in [0.1, 0.15) is 0 Å². The number of rotatable bonds is 4. The summed E-state index contributed by atoms with van der Waals surface area (Å²) in [5.41, 5.74) is 2.03. The van der Waals surface area contributed by atoms with Gasteiger partial charge in [0.2, 0.25) is 0 Å². The summed E-state index contributed by atoms with van der Waals surface area (Å²) in [5, 5.41) is 13.7. The summed E-state index contributed by atoms with van der Waals surface area (Å²) >= 11 is 0. The van der Waals surface area contributed by atoms with Crippen molar-refractivity contribution in [2.75, 3.05) is 36.4 Å². The van der Waals surface area contributed by atoms with Crippen molar-refractivity contribution in [3.05, 3.63) is 64.2 Å². The Morgan fingerprint density at radius 2 is 1.78 bits per heavy atom. The van der Waals surface area contributed by atoms with Gasteiger partial charge < -0.3 is 15.1 Å². The van der Waals surface area contributed by atoms with Crippen LogP contribution >= 0.6 is 0 Å². The van der Waals surface area contributed by atoms with E-state index >= 15 is 0 Å². The van der Waals surface area contributed by atoms with Crippen molar-refractivity contribution in [1.29, 1.82) is 0 Å². The highest BCUT2D eigenvalue weighted by Gasteiger charge is 2.28. The highest BCUT2D eigenvalue weighted by molar-refractivity contribution is 6.04. The Kier molecular flexibility index (Phi) is 4.77. The van der Waals surface area contributed by atoms with Gasteiger partial charge in [0.15, 0.2) is 0 Å². The molecule has 1 N–H and O–H groups in total. The zero-order valence-electron chi connectivity index (χ0n) is 15.0. The monoisotopic (exact) mass is 366 g/mol. The Morgan fingerprint density at radius 3 is 2.48 bits per heavy atom. The summed E-state index contributed by atoms with van der Waals surface area (Å²) in [4.78, 5) is 27.7. The van der Waals surface area contributed by atoms with Gasteiger partial charge in [-0.1, -0.05) is 6.07 Å². The molecule has 2 bridgehead atoms. The van der Waals surface area contributed by atoms with Crippen LogP contribution in [-0.4, -0.2) is 48.0 Å². The second-order valence-electron chi connectivity index (χ2n) is 7.07. The molecule has 1 amide bonds. The van der Waals surface area contributed by atoms with E-state index in [2.05, 4.69) is 15.1 Å². The molecule has 3 fully saturated rings. The van der Waals surface area contributed by atoms with Crippen LogP contribution < -0.4 is 10.2 Å². The summed E-state index contributed by atoms with van der Waals surface area (Å²) in [7, 11) is 0. The van der Waals surface area contributed by atoms with Crippen LogP contribution in [0.15, 0.2) is 48.5 Å². The zero-order valence-corrected chi connectivity index (χ0v) is 15.0. The van der Waals surface area contributed by atoms with Crippen molar-refractivity contribution in [2.45, 2.75) is 18.9 Å². The first-order chi connectivity index (χ1) is 13.1. The van der Waals surface area contributed by atoms with Crippen LogP contribution in [0.1, 0.15) is 23.2 Å². The van der Waals surface area contributed by atoms with Gasteiger partial charge in [0.05, 0.1) is 4.92 Å². The number of hydrogen-bond acceptors (Lipinski definition) is 5. The summed E-state index contributed by atoms with van der Waals surface area (Å²) < 4.78 is 0. The minimum absolute atomic E-state index is 0.0928. The van der Waals surface area contributed by atoms with E-state index in [1.54, 1.807) is 6.07 Å². The van der Waals surface area contributed by atoms with Gasteiger partial charge in [-0.25, -0.2) is 0 Å². The Hall–Kier alpha value is -2.93.